The van der Waals surface area contributed by atoms with Crippen LogP contribution in [0.2, 0.25) is 0 Å². The van der Waals surface area contributed by atoms with Gasteiger partial charge in [-0.1, -0.05) is 33.1 Å². The fraction of sp³-hybridized carbons (Fsp3) is 1.00. The maximum Gasteiger partial charge on any atom is 0.0593 e. The molecule has 0 bridgehead atoms. The van der Waals surface area contributed by atoms with Crippen LogP contribution < -0.4 is 5.32 Å². The average molecular weight is 270 g/mol. The molecule has 3 nitrogen and oxygen atoms in total. The SMILES string of the molecule is CC(C)NCCCCCCOCCN1CCCCC1. The van der Waals surface area contributed by atoms with Crippen LogP contribution in [0.1, 0.15) is 58.8 Å². The first kappa shape index (κ1) is 16.9. The van der Waals surface area contributed by atoms with Crippen molar-refractivity contribution in [3.63, 3.8) is 0 Å². The van der Waals surface area contributed by atoms with Crippen molar-refractivity contribution >= 4 is 0 Å². The molecule has 0 aromatic heterocycles. The summed E-state index contributed by atoms with van der Waals surface area (Å²) < 4.78 is 5.72. The van der Waals surface area contributed by atoms with Crippen molar-refractivity contribution in [2.24, 2.45) is 0 Å². The van der Waals surface area contributed by atoms with Crippen LogP contribution in [0.3, 0.4) is 0 Å². The molecule has 114 valence electrons. The molecule has 1 aliphatic rings. The van der Waals surface area contributed by atoms with Crippen molar-refractivity contribution in [2.45, 2.75) is 64.8 Å². The van der Waals surface area contributed by atoms with Gasteiger partial charge in [-0.3, -0.25) is 0 Å². The molecule has 1 N–H and O–H groups in total. The van der Waals surface area contributed by atoms with E-state index in [0.717, 1.165) is 26.3 Å². The Hall–Kier alpha value is -0.120. The van der Waals surface area contributed by atoms with Crippen molar-refractivity contribution in [1.29, 1.82) is 0 Å². The summed E-state index contributed by atoms with van der Waals surface area (Å²) in [5.41, 5.74) is 0. The number of nitrogens with one attached hydrogen (secondary N) is 1. The Labute approximate surface area is 120 Å². The van der Waals surface area contributed by atoms with E-state index in [1.54, 1.807) is 0 Å². The molecule has 0 unspecified atom stereocenters. The van der Waals surface area contributed by atoms with Crippen LogP contribution in [0.5, 0.6) is 0 Å². The van der Waals surface area contributed by atoms with Gasteiger partial charge in [0.2, 0.25) is 0 Å². The largest absolute Gasteiger partial charge is 0.380 e. The third-order valence-electron chi connectivity index (χ3n) is 3.77. The molecular weight excluding hydrogens is 236 g/mol. The van der Waals surface area contributed by atoms with Gasteiger partial charge in [0.05, 0.1) is 6.61 Å². The summed E-state index contributed by atoms with van der Waals surface area (Å²) in [5, 5.41) is 3.46. The van der Waals surface area contributed by atoms with Crippen LogP contribution in [0.15, 0.2) is 0 Å². The highest BCUT2D eigenvalue weighted by atomic mass is 16.5. The first-order chi connectivity index (χ1) is 9.29. The lowest BCUT2D eigenvalue weighted by Gasteiger charge is -2.26. The van der Waals surface area contributed by atoms with E-state index in [-0.39, 0.29) is 0 Å². The fourth-order valence-electron chi connectivity index (χ4n) is 2.55. The van der Waals surface area contributed by atoms with Crippen molar-refractivity contribution in [2.75, 3.05) is 39.4 Å². The standard InChI is InChI=1S/C16H34N2O/c1-16(2)17-10-6-3-4-9-14-19-15-13-18-11-7-5-8-12-18/h16-17H,3-15H2,1-2H3. The number of unbranched alkanes of at least 4 members (excludes halogenated alkanes) is 3. The molecule has 0 radical (unpaired) electrons. The molecule has 1 aliphatic heterocycles. The Morgan fingerprint density at radius 2 is 1.68 bits per heavy atom. The number of nitrogens with zero attached hydrogens (tertiary/aromatic N) is 1. The Morgan fingerprint density at radius 1 is 0.947 bits per heavy atom. The van der Waals surface area contributed by atoms with Crippen LogP contribution in [0.25, 0.3) is 0 Å². The van der Waals surface area contributed by atoms with E-state index in [1.807, 2.05) is 0 Å². The highest BCUT2D eigenvalue weighted by Crippen LogP contribution is 2.07. The molecule has 0 saturated carbocycles. The summed E-state index contributed by atoms with van der Waals surface area (Å²) >= 11 is 0. The molecule has 3 heteroatoms. The van der Waals surface area contributed by atoms with E-state index in [4.69, 9.17) is 4.74 Å². The maximum absolute atomic E-state index is 5.72. The summed E-state index contributed by atoms with van der Waals surface area (Å²) in [4.78, 5) is 2.54. The van der Waals surface area contributed by atoms with Crippen LogP contribution in [0.4, 0.5) is 0 Å². The zero-order chi connectivity index (χ0) is 13.8. The van der Waals surface area contributed by atoms with Gasteiger partial charge in [-0.15, -0.1) is 0 Å². The number of piperidine rings is 1. The summed E-state index contributed by atoms with van der Waals surface area (Å²) in [6.07, 6.45) is 9.34. The van der Waals surface area contributed by atoms with Gasteiger partial charge in [0, 0.05) is 19.2 Å². The Kier molecular flexibility index (Phi) is 10.4. The lowest BCUT2D eigenvalue weighted by molar-refractivity contribution is 0.0938. The minimum atomic E-state index is 0.623. The molecule has 0 aromatic rings. The minimum absolute atomic E-state index is 0.623. The zero-order valence-electron chi connectivity index (χ0n) is 13.1. The van der Waals surface area contributed by atoms with Crippen LogP contribution in [0, 0.1) is 0 Å². The number of ether oxygens (including phenoxy) is 1. The average Bonchev–Trinajstić information content (AvgIpc) is 2.42. The number of likely N-dealkylation sites (tertiary alicyclic amines) is 1. The highest BCUT2D eigenvalue weighted by Gasteiger charge is 2.08. The summed E-state index contributed by atoms with van der Waals surface area (Å²) in [6.45, 7) is 11.1. The lowest BCUT2D eigenvalue weighted by atomic mass is 10.1. The predicted molar refractivity (Wildman–Crippen MR) is 82.7 cm³/mol. The quantitative estimate of drug-likeness (QED) is 0.584. The predicted octanol–water partition coefficient (Wildman–Crippen LogP) is 3.05. The van der Waals surface area contributed by atoms with E-state index in [1.165, 1.54) is 58.0 Å². The van der Waals surface area contributed by atoms with E-state index in [0.29, 0.717) is 6.04 Å². The molecule has 1 heterocycles. The molecule has 0 atom stereocenters. The van der Waals surface area contributed by atoms with E-state index in [2.05, 4.69) is 24.1 Å². The van der Waals surface area contributed by atoms with Gasteiger partial charge < -0.3 is 15.0 Å². The third-order valence-corrected chi connectivity index (χ3v) is 3.77. The molecule has 1 saturated heterocycles. The van der Waals surface area contributed by atoms with Gasteiger partial charge in [0.25, 0.3) is 0 Å². The van der Waals surface area contributed by atoms with Gasteiger partial charge >= 0.3 is 0 Å². The van der Waals surface area contributed by atoms with Crippen molar-refractivity contribution in [1.82, 2.24) is 10.2 Å². The lowest BCUT2D eigenvalue weighted by Crippen LogP contribution is -2.32. The maximum atomic E-state index is 5.72. The normalized spacial score (nSPS) is 17.2. The fourth-order valence-corrected chi connectivity index (χ4v) is 2.55. The Balaban J connectivity index is 1.73. The van der Waals surface area contributed by atoms with E-state index in [9.17, 15) is 0 Å². The van der Waals surface area contributed by atoms with Gasteiger partial charge in [-0.2, -0.15) is 0 Å². The molecule has 0 aliphatic carbocycles. The molecular formula is C16H34N2O. The first-order valence-electron chi connectivity index (χ1n) is 8.32. The van der Waals surface area contributed by atoms with Gasteiger partial charge in [-0.25, -0.2) is 0 Å². The van der Waals surface area contributed by atoms with Crippen molar-refractivity contribution < 1.29 is 4.74 Å². The minimum Gasteiger partial charge on any atom is -0.380 e. The third kappa shape index (κ3) is 10.3. The smallest absolute Gasteiger partial charge is 0.0593 e. The summed E-state index contributed by atoms with van der Waals surface area (Å²) in [7, 11) is 0. The van der Waals surface area contributed by atoms with Gasteiger partial charge in [-0.05, 0) is 45.3 Å². The van der Waals surface area contributed by atoms with Crippen LogP contribution in [-0.2, 0) is 4.74 Å². The zero-order valence-corrected chi connectivity index (χ0v) is 13.1. The molecule has 0 amide bonds. The monoisotopic (exact) mass is 270 g/mol. The molecule has 0 aromatic carbocycles. The first-order valence-corrected chi connectivity index (χ1v) is 8.32. The van der Waals surface area contributed by atoms with Crippen LogP contribution >= 0.6 is 0 Å². The summed E-state index contributed by atoms with van der Waals surface area (Å²) in [5.74, 6) is 0. The van der Waals surface area contributed by atoms with Crippen LogP contribution in [-0.4, -0.2) is 50.3 Å². The number of hydrogen-bond donors (Lipinski definition) is 1. The van der Waals surface area contributed by atoms with Crippen molar-refractivity contribution in [3.8, 4) is 0 Å². The summed E-state index contributed by atoms with van der Waals surface area (Å²) in [6, 6.07) is 0.623. The second-order valence-electron chi connectivity index (χ2n) is 6.04. The van der Waals surface area contributed by atoms with E-state index < -0.39 is 0 Å². The van der Waals surface area contributed by atoms with Gasteiger partial charge in [0.1, 0.15) is 0 Å². The number of rotatable bonds is 11. The highest BCUT2D eigenvalue weighted by molar-refractivity contribution is 4.63. The molecule has 1 rings (SSSR count). The molecule has 1 fully saturated rings. The van der Waals surface area contributed by atoms with Gasteiger partial charge in [0.15, 0.2) is 0 Å². The second kappa shape index (κ2) is 11.7. The number of hydrogen-bond acceptors (Lipinski definition) is 3. The molecule has 0 spiro atoms. The Morgan fingerprint density at radius 3 is 2.42 bits per heavy atom. The van der Waals surface area contributed by atoms with E-state index >= 15 is 0 Å². The van der Waals surface area contributed by atoms with Crippen molar-refractivity contribution in [3.05, 3.63) is 0 Å². The Bertz CT molecular complexity index is 191. The molecule has 19 heavy (non-hydrogen) atoms. The topological polar surface area (TPSA) is 24.5 Å². The second-order valence-corrected chi connectivity index (χ2v) is 6.04.